The van der Waals surface area contributed by atoms with Crippen molar-refractivity contribution < 1.29 is 22.6 Å². The minimum Gasteiger partial charge on any atom is -0.356 e. The van der Waals surface area contributed by atoms with Crippen LogP contribution < -0.4 is 0 Å². The van der Waals surface area contributed by atoms with Crippen molar-refractivity contribution in [1.82, 2.24) is 9.55 Å². The van der Waals surface area contributed by atoms with Crippen molar-refractivity contribution in [2.75, 3.05) is 14.2 Å². The Morgan fingerprint density at radius 3 is 2.55 bits per heavy atom. The van der Waals surface area contributed by atoms with Gasteiger partial charge in [-0.15, -0.1) is 0 Å². The molecule has 1 heterocycles. The molecule has 22 heavy (non-hydrogen) atoms. The topological polar surface area (TPSA) is 39.2 Å². The van der Waals surface area contributed by atoms with Gasteiger partial charge in [0.15, 0.2) is 11.1 Å². The third-order valence-electron chi connectivity index (χ3n) is 3.45. The summed E-state index contributed by atoms with van der Waals surface area (Å²) in [7, 11) is 3.12. The number of benzene rings is 1. The standard InChI is InChI=1S/C14H17F3N2O2S/c1-20-12(21-2)4-3-7-19-11-6-5-9(14(15,16)17)8-10(11)18-13(19)22/h5-6,8,12H,3-4,7H2,1-2H3,(H,18,22). The van der Waals surface area contributed by atoms with Crippen LogP contribution in [0.4, 0.5) is 13.2 Å². The van der Waals surface area contributed by atoms with Crippen LogP contribution in [-0.4, -0.2) is 30.1 Å². The maximum atomic E-state index is 12.7. The number of aromatic nitrogens is 2. The molecule has 0 saturated carbocycles. The number of nitrogens with one attached hydrogen (secondary N) is 1. The molecule has 1 N–H and O–H groups in total. The molecule has 0 radical (unpaired) electrons. The zero-order valence-electron chi connectivity index (χ0n) is 12.2. The second-order valence-electron chi connectivity index (χ2n) is 4.85. The van der Waals surface area contributed by atoms with Crippen molar-refractivity contribution in [2.45, 2.75) is 31.9 Å². The molecule has 4 nitrogen and oxygen atoms in total. The molecule has 0 aliphatic carbocycles. The van der Waals surface area contributed by atoms with Crippen LogP contribution >= 0.6 is 12.2 Å². The summed E-state index contributed by atoms with van der Waals surface area (Å²) in [5.41, 5.74) is 0.349. The smallest absolute Gasteiger partial charge is 0.356 e. The average Bonchev–Trinajstić information content (AvgIpc) is 2.77. The highest BCUT2D eigenvalue weighted by Gasteiger charge is 2.30. The third kappa shape index (κ3) is 3.68. The molecule has 0 saturated heterocycles. The summed E-state index contributed by atoms with van der Waals surface area (Å²) in [5, 5.41) is 0. The lowest BCUT2D eigenvalue weighted by molar-refractivity contribution is -0.137. The van der Waals surface area contributed by atoms with Crippen molar-refractivity contribution in [3.63, 3.8) is 0 Å². The SMILES string of the molecule is COC(CCCn1c(=S)[nH]c2cc(C(F)(F)F)ccc21)OC. The summed E-state index contributed by atoms with van der Waals surface area (Å²) in [6.07, 6.45) is -3.26. The Kier molecular flexibility index (Phi) is 5.25. The van der Waals surface area contributed by atoms with Crippen LogP contribution in [0.25, 0.3) is 11.0 Å². The molecule has 8 heteroatoms. The molecule has 0 aliphatic heterocycles. The first-order chi connectivity index (χ1) is 10.4. The fourth-order valence-corrected chi connectivity index (χ4v) is 2.61. The van der Waals surface area contributed by atoms with Crippen LogP contribution in [0.1, 0.15) is 18.4 Å². The molecule has 0 atom stereocenters. The van der Waals surface area contributed by atoms with E-state index in [1.54, 1.807) is 18.8 Å². The Morgan fingerprint density at radius 2 is 1.95 bits per heavy atom. The van der Waals surface area contributed by atoms with Crippen LogP contribution in [0.15, 0.2) is 18.2 Å². The van der Waals surface area contributed by atoms with Crippen LogP contribution in [-0.2, 0) is 22.2 Å². The van der Waals surface area contributed by atoms with E-state index < -0.39 is 11.7 Å². The van der Waals surface area contributed by atoms with Crippen LogP contribution in [0.5, 0.6) is 0 Å². The number of ether oxygens (including phenoxy) is 2. The first-order valence-electron chi connectivity index (χ1n) is 6.72. The number of hydrogen-bond acceptors (Lipinski definition) is 3. The predicted octanol–water partition coefficient (Wildman–Crippen LogP) is 4.12. The maximum absolute atomic E-state index is 12.7. The molecule has 2 rings (SSSR count). The van der Waals surface area contributed by atoms with E-state index in [0.29, 0.717) is 28.8 Å². The third-order valence-corrected chi connectivity index (χ3v) is 3.77. The highest BCUT2D eigenvalue weighted by Crippen LogP contribution is 2.31. The van der Waals surface area contributed by atoms with Gasteiger partial charge in [0.05, 0.1) is 16.6 Å². The number of H-pyrrole nitrogens is 1. The van der Waals surface area contributed by atoms with Crippen molar-refractivity contribution in [1.29, 1.82) is 0 Å². The lowest BCUT2D eigenvalue weighted by atomic mass is 10.2. The van der Waals surface area contributed by atoms with Gasteiger partial charge in [-0.2, -0.15) is 13.2 Å². The summed E-state index contributed by atoms with van der Waals surface area (Å²) >= 11 is 5.19. The zero-order chi connectivity index (χ0) is 16.3. The van der Waals surface area contributed by atoms with E-state index >= 15 is 0 Å². The summed E-state index contributed by atoms with van der Waals surface area (Å²) < 4.78 is 50.5. The van der Waals surface area contributed by atoms with Gasteiger partial charge in [-0.05, 0) is 36.8 Å². The summed E-state index contributed by atoms with van der Waals surface area (Å²) in [6, 6.07) is 3.58. The number of imidazole rings is 1. The molecule has 1 aromatic carbocycles. The van der Waals surface area contributed by atoms with Gasteiger partial charge in [-0.25, -0.2) is 0 Å². The molecule has 0 amide bonds. The van der Waals surface area contributed by atoms with Crippen molar-refractivity contribution in [2.24, 2.45) is 0 Å². The Bertz CT molecular complexity index is 689. The Labute approximate surface area is 130 Å². The van der Waals surface area contributed by atoms with Crippen LogP contribution in [0.3, 0.4) is 0 Å². The molecule has 1 aromatic heterocycles. The van der Waals surface area contributed by atoms with Gasteiger partial charge in [0.25, 0.3) is 0 Å². The fraction of sp³-hybridized carbons (Fsp3) is 0.500. The summed E-state index contributed by atoms with van der Waals surface area (Å²) in [5.74, 6) is 0. The highest BCUT2D eigenvalue weighted by molar-refractivity contribution is 7.71. The van der Waals surface area contributed by atoms with Gasteiger partial charge in [0.1, 0.15) is 0 Å². The second kappa shape index (κ2) is 6.80. The number of rotatable bonds is 6. The first kappa shape index (κ1) is 17.0. The van der Waals surface area contributed by atoms with E-state index in [1.165, 1.54) is 6.07 Å². The largest absolute Gasteiger partial charge is 0.416 e. The predicted molar refractivity (Wildman–Crippen MR) is 79.2 cm³/mol. The highest BCUT2D eigenvalue weighted by atomic mass is 32.1. The first-order valence-corrected chi connectivity index (χ1v) is 7.13. The van der Waals surface area contributed by atoms with E-state index in [4.69, 9.17) is 21.7 Å². The van der Waals surface area contributed by atoms with E-state index in [0.717, 1.165) is 18.6 Å². The van der Waals surface area contributed by atoms with E-state index in [9.17, 15) is 13.2 Å². The number of aromatic amines is 1. The quantitative estimate of drug-likeness (QED) is 0.638. The van der Waals surface area contributed by atoms with Gasteiger partial charge in [-0.3, -0.25) is 0 Å². The summed E-state index contributed by atoms with van der Waals surface area (Å²) in [6.45, 7) is 0.577. The van der Waals surface area contributed by atoms with Gasteiger partial charge < -0.3 is 19.0 Å². The van der Waals surface area contributed by atoms with Gasteiger partial charge >= 0.3 is 6.18 Å². The normalized spacial score (nSPS) is 12.5. The monoisotopic (exact) mass is 334 g/mol. The molecule has 0 unspecified atom stereocenters. The maximum Gasteiger partial charge on any atom is 0.416 e. The van der Waals surface area contributed by atoms with Gasteiger partial charge in [0, 0.05) is 27.2 Å². The molecule has 122 valence electrons. The average molecular weight is 334 g/mol. The lowest BCUT2D eigenvalue weighted by Crippen LogP contribution is -2.13. The second-order valence-corrected chi connectivity index (χ2v) is 5.24. The fourth-order valence-electron chi connectivity index (χ4n) is 2.31. The van der Waals surface area contributed by atoms with Crippen molar-refractivity contribution >= 4 is 23.3 Å². The number of aryl methyl sites for hydroxylation is 1. The van der Waals surface area contributed by atoms with E-state index in [-0.39, 0.29) is 6.29 Å². The van der Waals surface area contributed by atoms with E-state index in [2.05, 4.69) is 4.98 Å². The minimum absolute atomic E-state index is 0.295. The number of methoxy groups -OCH3 is 2. The number of hydrogen-bond donors (Lipinski definition) is 1. The van der Waals surface area contributed by atoms with E-state index in [1.807, 2.05) is 0 Å². The minimum atomic E-state index is -4.37. The number of nitrogens with zero attached hydrogens (tertiary/aromatic N) is 1. The Hall–Kier alpha value is -1.38. The molecular weight excluding hydrogens is 317 g/mol. The van der Waals surface area contributed by atoms with Crippen LogP contribution in [0, 0.1) is 4.77 Å². The Balaban J connectivity index is 2.21. The number of halogens is 3. The molecule has 2 aromatic rings. The lowest BCUT2D eigenvalue weighted by Gasteiger charge is -2.13. The van der Waals surface area contributed by atoms with Gasteiger partial charge in [-0.1, -0.05) is 0 Å². The molecule has 0 spiro atoms. The van der Waals surface area contributed by atoms with Crippen molar-refractivity contribution in [3.05, 3.63) is 28.5 Å². The summed E-state index contributed by atoms with van der Waals surface area (Å²) in [4.78, 5) is 2.82. The number of alkyl halides is 3. The zero-order valence-corrected chi connectivity index (χ0v) is 13.1. The Morgan fingerprint density at radius 1 is 1.27 bits per heavy atom. The molecule has 0 bridgehead atoms. The molecular formula is C14H17F3N2O2S. The van der Waals surface area contributed by atoms with Gasteiger partial charge in [0.2, 0.25) is 0 Å². The molecule has 0 aliphatic rings. The van der Waals surface area contributed by atoms with Crippen LogP contribution in [0.2, 0.25) is 0 Å². The number of fused-ring (bicyclic) bond motifs is 1. The molecule has 0 fully saturated rings. The van der Waals surface area contributed by atoms with Crippen molar-refractivity contribution in [3.8, 4) is 0 Å².